The largest absolute Gasteiger partial charge is 0.348 e. The van der Waals surface area contributed by atoms with E-state index in [4.69, 9.17) is 5.73 Å². The lowest BCUT2D eigenvalue weighted by atomic mass is 9.81. The van der Waals surface area contributed by atoms with Crippen molar-refractivity contribution in [2.75, 3.05) is 26.0 Å². The molecule has 2 aromatic carbocycles. The smallest absolute Gasteiger partial charge is 0.270 e. The van der Waals surface area contributed by atoms with Crippen LogP contribution < -0.4 is 21.7 Å². The minimum absolute atomic E-state index is 0.105. The Morgan fingerprint density at radius 1 is 0.885 bits per heavy atom. The molecule has 2 heterocycles. The maximum absolute atomic E-state index is 13.7. The van der Waals surface area contributed by atoms with Crippen LogP contribution >= 0.6 is 0 Å². The molecular weight excluding hydrogens is 656 g/mol. The monoisotopic (exact) mass is 706 g/mol. The van der Waals surface area contributed by atoms with Crippen molar-refractivity contribution in [2.45, 2.75) is 82.8 Å². The van der Waals surface area contributed by atoms with E-state index in [-0.39, 0.29) is 29.7 Å². The van der Waals surface area contributed by atoms with E-state index in [1.54, 1.807) is 30.3 Å². The number of aromatic nitrogens is 5. The fraction of sp³-hybridized carbons (Fsp3) is 0.462. The van der Waals surface area contributed by atoms with Crippen molar-refractivity contribution in [3.05, 3.63) is 77.6 Å². The molecule has 1 atom stereocenters. The van der Waals surface area contributed by atoms with Gasteiger partial charge in [-0.05, 0) is 132 Å². The fourth-order valence-electron chi connectivity index (χ4n) is 7.42. The van der Waals surface area contributed by atoms with Gasteiger partial charge in [-0.3, -0.25) is 14.4 Å². The highest BCUT2D eigenvalue weighted by Crippen LogP contribution is 2.29. The Morgan fingerprint density at radius 3 is 2.19 bits per heavy atom. The maximum atomic E-state index is 13.7. The Bertz CT molecular complexity index is 1800. The number of nitrogens with one attached hydrogen (secondary N) is 4. The van der Waals surface area contributed by atoms with E-state index in [0.717, 1.165) is 79.3 Å². The first-order valence-electron chi connectivity index (χ1n) is 18.4. The van der Waals surface area contributed by atoms with E-state index in [9.17, 15) is 14.4 Å². The van der Waals surface area contributed by atoms with Crippen LogP contribution in [0, 0.1) is 18.8 Å². The van der Waals surface area contributed by atoms with Crippen LogP contribution in [0.5, 0.6) is 0 Å². The summed E-state index contributed by atoms with van der Waals surface area (Å²) >= 11 is 0. The van der Waals surface area contributed by atoms with Gasteiger partial charge < -0.3 is 26.6 Å². The van der Waals surface area contributed by atoms with Gasteiger partial charge in [0.1, 0.15) is 11.7 Å². The van der Waals surface area contributed by atoms with Gasteiger partial charge >= 0.3 is 0 Å². The lowest BCUT2D eigenvalue weighted by Gasteiger charge is -2.32. The first-order valence-corrected chi connectivity index (χ1v) is 18.4. The number of aromatic amines is 1. The summed E-state index contributed by atoms with van der Waals surface area (Å²) in [4.78, 5) is 47.1. The minimum atomic E-state index is -0.790. The van der Waals surface area contributed by atoms with E-state index in [1.165, 1.54) is 0 Å². The van der Waals surface area contributed by atoms with Crippen LogP contribution in [0.1, 0.15) is 73.1 Å². The predicted molar refractivity (Wildman–Crippen MR) is 200 cm³/mol. The van der Waals surface area contributed by atoms with Crippen molar-refractivity contribution in [3.63, 3.8) is 0 Å². The molecule has 0 unspecified atom stereocenters. The molecule has 0 radical (unpaired) electrons. The van der Waals surface area contributed by atoms with Gasteiger partial charge in [-0.15, -0.1) is 10.2 Å². The zero-order valence-electron chi connectivity index (χ0n) is 30.3. The van der Waals surface area contributed by atoms with Crippen molar-refractivity contribution in [1.82, 2.24) is 41.1 Å². The molecule has 0 saturated heterocycles. The van der Waals surface area contributed by atoms with Crippen LogP contribution in [0.25, 0.3) is 22.5 Å². The summed E-state index contributed by atoms with van der Waals surface area (Å²) in [5, 5.41) is 23.2. The van der Waals surface area contributed by atoms with Crippen LogP contribution in [-0.2, 0) is 16.0 Å². The van der Waals surface area contributed by atoms with E-state index < -0.39 is 6.04 Å². The van der Waals surface area contributed by atoms with Crippen molar-refractivity contribution in [3.8, 4) is 22.5 Å². The van der Waals surface area contributed by atoms with Crippen LogP contribution in [0.3, 0.4) is 0 Å². The quantitative estimate of drug-likeness (QED) is 0.144. The number of rotatable bonds is 12. The molecule has 3 amide bonds. The van der Waals surface area contributed by atoms with Crippen LogP contribution in [0.2, 0.25) is 0 Å². The van der Waals surface area contributed by atoms with Gasteiger partial charge in [0.25, 0.3) is 5.91 Å². The number of aryl methyl sites for hydroxylation is 1. The van der Waals surface area contributed by atoms with E-state index in [2.05, 4.69) is 60.6 Å². The van der Waals surface area contributed by atoms with Gasteiger partial charge in [-0.1, -0.05) is 30.3 Å². The van der Waals surface area contributed by atoms with Gasteiger partial charge in [0, 0.05) is 46.9 Å². The molecule has 13 heteroatoms. The zero-order valence-corrected chi connectivity index (χ0v) is 30.3. The molecular formula is C39H50N10O3. The average Bonchev–Trinajstić information content (AvgIpc) is 3.71. The number of nitrogens with two attached hydrogens (primary N) is 1. The summed E-state index contributed by atoms with van der Waals surface area (Å²) < 4.78 is 0. The lowest BCUT2D eigenvalue weighted by Crippen LogP contribution is -2.48. The number of carbonyl (C=O) groups is 3. The standard InChI is InChI=1S/C39H50N10O3/c1-24-33(20-21-34(41-24)38(51)42-31-16-18-32(19-17-31)49(2)3)27-8-4-25(5-9-27)22-35(44-37(50)29-10-6-26(23-40)7-11-29)39(52)43-30-14-12-28(13-15-30)36-45-47-48-46-36/h4-5,8-9,12-15,20-21,26,29,31-32,35H,6-7,10-11,16-19,22-23,40H2,1-3H3,(H,42,51)(H,43,52)(H,44,50)(H,45,46,47,48)/t26?,29?,31?,32?,35-/m0/s1. The number of amides is 3. The third-order valence-electron chi connectivity index (χ3n) is 10.7. The van der Waals surface area contributed by atoms with Crippen molar-refractivity contribution < 1.29 is 14.4 Å². The number of H-pyrrole nitrogens is 1. The van der Waals surface area contributed by atoms with Gasteiger partial charge in [-0.2, -0.15) is 5.21 Å². The summed E-state index contributed by atoms with van der Waals surface area (Å²) in [6, 6.07) is 18.7. The number of pyridine rings is 1. The maximum Gasteiger partial charge on any atom is 0.270 e. The molecule has 274 valence electrons. The molecule has 2 fully saturated rings. The second-order valence-electron chi connectivity index (χ2n) is 14.5. The molecule has 6 N–H and O–H groups in total. The molecule has 4 aromatic rings. The van der Waals surface area contributed by atoms with Gasteiger partial charge in [-0.25, -0.2) is 4.98 Å². The number of hydrogen-bond acceptors (Lipinski definition) is 9. The molecule has 13 nitrogen and oxygen atoms in total. The molecule has 0 aliphatic heterocycles. The summed E-state index contributed by atoms with van der Waals surface area (Å²) in [5.41, 5.74) is 11.2. The van der Waals surface area contributed by atoms with Crippen LogP contribution in [-0.4, -0.2) is 87.0 Å². The Morgan fingerprint density at radius 2 is 1.58 bits per heavy atom. The topological polar surface area (TPSA) is 184 Å². The molecule has 0 bridgehead atoms. The Balaban J connectivity index is 1.11. The first-order chi connectivity index (χ1) is 25.2. The van der Waals surface area contributed by atoms with Gasteiger partial charge in [0.2, 0.25) is 17.6 Å². The molecule has 2 aliphatic carbocycles. The van der Waals surface area contributed by atoms with Crippen molar-refractivity contribution >= 4 is 23.4 Å². The summed E-state index contributed by atoms with van der Waals surface area (Å²) in [7, 11) is 4.22. The third-order valence-corrected chi connectivity index (χ3v) is 10.7. The molecule has 2 aromatic heterocycles. The van der Waals surface area contributed by atoms with Gasteiger partial charge in [0.15, 0.2) is 0 Å². The summed E-state index contributed by atoms with van der Waals surface area (Å²) in [6.45, 7) is 2.54. The second-order valence-corrected chi connectivity index (χ2v) is 14.5. The number of benzene rings is 2. The summed E-state index contributed by atoms with van der Waals surface area (Å²) in [6.07, 6.45) is 7.75. The normalized spacial score (nSPS) is 20.9. The highest BCUT2D eigenvalue weighted by molar-refractivity contribution is 5.98. The van der Waals surface area contributed by atoms with E-state index in [0.29, 0.717) is 42.1 Å². The number of carbonyl (C=O) groups excluding carboxylic acids is 3. The van der Waals surface area contributed by atoms with E-state index >= 15 is 0 Å². The Kier molecular flexibility index (Phi) is 12.0. The number of nitrogens with zero attached hydrogens (tertiary/aromatic N) is 5. The van der Waals surface area contributed by atoms with Crippen LogP contribution in [0.4, 0.5) is 5.69 Å². The molecule has 2 aliphatic rings. The third kappa shape index (κ3) is 9.25. The SMILES string of the molecule is Cc1nc(C(=O)NC2CCC(N(C)C)CC2)ccc1-c1ccc(C[C@H](NC(=O)C2CCC(CN)CC2)C(=O)Nc2ccc(-c3nn[nH]n3)cc2)cc1. The highest BCUT2D eigenvalue weighted by Gasteiger charge is 2.30. The molecule has 2 saturated carbocycles. The number of tetrazole rings is 1. The van der Waals surface area contributed by atoms with Crippen molar-refractivity contribution in [2.24, 2.45) is 17.6 Å². The molecule has 0 spiro atoms. The van der Waals surface area contributed by atoms with Gasteiger partial charge in [0.05, 0.1) is 0 Å². The average molecular weight is 707 g/mol. The predicted octanol–water partition coefficient (Wildman–Crippen LogP) is 4.27. The second kappa shape index (κ2) is 17.0. The zero-order chi connectivity index (χ0) is 36.6. The fourth-order valence-corrected chi connectivity index (χ4v) is 7.42. The number of hydrogen-bond donors (Lipinski definition) is 5. The van der Waals surface area contributed by atoms with Crippen molar-refractivity contribution in [1.29, 1.82) is 0 Å². The highest BCUT2D eigenvalue weighted by atomic mass is 16.2. The van der Waals surface area contributed by atoms with E-state index in [1.807, 2.05) is 37.3 Å². The molecule has 6 rings (SSSR count). The minimum Gasteiger partial charge on any atom is -0.348 e. The first kappa shape index (κ1) is 36.8. The van der Waals surface area contributed by atoms with Crippen LogP contribution in [0.15, 0.2) is 60.7 Å². The number of anilines is 1. The lowest BCUT2D eigenvalue weighted by molar-refractivity contribution is -0.130. The molecule has 52 heavy (non-hydrogen) atoms. The Hall–Kier alpha value is -5.01. The summed E-state index contributed by atoms with van der Waals surface area (Å²) in [5.74, 6) is 0.207. The Labute approximate surface area is 304 Å².